The Morgan fingerprint density at radius 2 is 2.03 bits per heavy atom. The lowest BCUT2D eigenvalue weighted by molar-refractivity contribution is 0.222. The standard InChI is InChI=1S/C21H23FN4O3/c1-14-8-9-15(2)17(12-14)23-21(27)26(3)11-10-19-24-20(29-25-19)13-28-18-7-5-4-6-16(18)22/h4-9,12H,10-11,13H2,1-3H3,(H,23,27). The maximum atomic E-state index is 13.6. The number of rotatable bonds is 7. The number of anilines is 1. The average molecular weight is 398 g/mol. The first-order valence-electron chi connectivity index (χ1n) is 9.20. The number of likely N-dealkylation sites (N-methyl/N-ethyl adjacent to an activating group) is 1. The molecule has 8 heteroatoms. The summed E-state index contributed by atoms with van der Waals surface area (Å²) in [6.45, 7) is 4.29. The predicted octanol–water partition coefficient (Wildman–Crippen LogP) is 4.11. The molecule has 152 valence electrons. The number of ether oxygens (including phenoxy) is 1. The first-order chi connectivity index (χ1) is 13.9. The molecule has 3 aromatic rings. The zero-order valence-electron chi connectivity index (χ0n) is 16.6. The summed E-state index contributed by atoms with van der Waals surface area (Å²) in [5, 5.41) is 6.78. The fourth-order valence-electron chi connectivity index (χ4n) is 2.60. The van der Waals surface area contributed by atoms with Crippen molar-refractivity contribution in [2.45, 2.75) is 26.9 Å². The van der Waals surface area contributed by atoms with Gasteiger partial charge < -0.3 is 19.5 Å². The molecule has 7 nitrogen and oxygen atoms in total. The van der Waals surface area contributed by atoms with E-state index >= 15 is 0 Å². The van der Waals surface area contributed by atoms with Crippen LogP contribution < -0.4 is 10.1 Å². The third-order valence-electron chi connectivity index (χ3n) is 4.35. The van der Waals surface area contributed by atoms with Gasteiger partial charge in [-0.05, 0) is 43.2 Å². The number of halogens is 1. The fraction of sp³-hybridized carbons (Fsp3) is 0.286. The lowest BCUT2D eigenvalue weighted by Gasteiger charge is -2.18. The zero-order valence-corrected chi connectivity index (χ0v) is 16.6. The molecule has 0 saturated heterocycles. The number of urea groups is 1. The van der Waals surface area contributed by atoms with Crippen LogP contribution in [0.2, 0.25) is 0 Å². The maximum Gasteiger partial charge on any atom is 0.321 e. The highest BCUT2D eigenvalue weighted by atomic mass is 19.1. The Kier molecular flexibility index (Phi) is 6.43. The second-order valence-corrected chi connectivity index (χ2v) is 6.74. The number of nitrogens with zero attached hydrogens (tertiary/aromatic N) is 3. The highest BCUT2D eigenvalue weighted by Gasteiger charge is 2.13. The predicted molar refractivity (Wildman–Crippen MR) is 106 cm³/mol. The van der Waals surface area contributed by atoms with E-state index < -0.39 is 5.82 Å². The zero-order chi connectivity index (χ0) is 20.8. The topological polar surface area (TPSA) is 80.5 Å². The number of carbonyl (C=O) groups excluding carboxylic acids is 1. The smallest absolute Gasteiger partial charge is 0.321 e. The molecule has 0 aliphatic rings. The van der Waals surface area contributed by atoms with E-state index in [-0.39, 0.29) is 24.3 Å². The van der Waals surface area contributed by atoms with E-state index in [4.69, 9.17) is 9.26 Å². The van der Waals surface area contributed by atoms with Crippen LogP contribution in [0.5, 0.6) is 5.75 Å². The van der Waals surface area contributed by atoms with E-state index in [1.165, 1.54) is 12.1 Å². The Labute approximate surface area is 168 Å². The summed E-state index contributed by atoms with van der Waals surface area (Å²) in [6, 6.07) is 11.8. The minimum atomic E-state index is -0.455. The second kappa shape index (κ2) is 9.18. The number of para-hydroxylation sites is 1. The van der Waals surface area contributed by atoms with Crippen molar-refractivity contribution in [3.8, 4) is 5.75 Å². The Hall–Kier alpha value is -3.42. The number of carbonyl (C=O) groups is 1. The van der Waals surface area contributed by atoms with Crippen LogP contribution in [-0.2, 0) is 13.0 Å². The van der Waals surface area contributed by atoms with Gasteiger partial charge in [-0.1, -0.05) is 29.4 Å². The number of benzene rings is 2. The maximum absolute atomic E-state index is 13.6. The number of aromatic nitrogens is 2. The third kappa shape index (κ3) is 5.54. The monoisotopic (exact) mass is 398 g/mol. The summed E-state index contributed by atoms with van der Waals surface area (Å²) in [5.74, 6) is 0.355. The molecule has 0 fully saturated rings. The molecule has 0 unspecified atom stereocenters. The van der Waals surface area contributed by atoms with Crippen molar-refractivity contribution in [2.24, 2.45) is 0 Å². The van der Waals surface area contributed by atoms with Gasteiger partial charge in [0.15, 0.2) is 24.0 Å². The van der Waals surface area contributed by atoms with Gasteiger partial charge in [0.25, 0.3) is 5.89 Å². The molecule has 0 aliphatic carbocycles. The van der Waals surface area contributed by atoms with E-state index in [9.17, 15) is 9.18 Å². The molecule has 0 bridgehead atoms. The van der Waals surface area contributed by atoms with Gasteiger partial charge in [0, 0.05) is 25.7 Å². The van der Waals surface area contributed by atoms with Crippen LogP contribution in [0.15, 0.2) is 47.0 Å². The average Bonchev–Trinajstić information content (AvgIpc) is 3.16. The summed E-state index contributed by atoms with van der Waals surface area (Å²) in [6.07, 6.45) is 0.417. The van der Waals surface area contributed by atoms with Gasteiger partial charge in [0.05, 0.1) is 0 Å². The van der Waals surface area contributed by atoms with E-state index in [1.54, 1.807) is 24.1 Å². The van der Waals surface area contributed by atoms with Crippen LogP contribution in [-0.4, -0.2) is 34.7 Å². The molecular weight excluding hydrogens is 375 g/mol. The molecule has 0 aliphatic heterocycles. The fourth-order valence-corrected chi connectivity index (χ4v) is 2.60. The first kappa shape index (κ1) is 20.3. The summed E-state index contributed by atoms with van der Waals surface area (Å²) >= 11 is 0. The molecule has 1 N–H and O–H groups in total. The Balaban J connectivity index is 1.49. The van der Waals surface area contributed by atoms with E-state index in [1.807, 2.05) is 32.0 Å². The summed E-state index contributed by atoms with van der Waals surface area (Å²) in [4.78, 5) is 18.2. The Bertz CT molecular complexity index is 990. The Morgan fingerprint density at radius 3 is 2.83 bits per heavy atom. The van der Waals surface area contributed by atoms with Crippen LogP contribution in [0.3, 0.4) is 0 Å². The molecule has 29 heavy (non-hydrogen) atoms. The van der Waals surface area contributed by atoms with Gasteiger partial charge in [-0.25, -0.2) is 9.18 Å². The molecule has 2 aromatic carbocycles. The highest BCUT2D eigenvalue weighted by Crippen LogP contribution is 2.18. The van der Waals surface area contributed by atoms with Gasteiger partial charge in [-0.15, -0.1) is 0 Å². The van der Waals surface area contributed by atoms with Crippen LogP contribution in [0.25, 0.3) is 0 Å². The van der Waals surface area contributed by atoms with Crippen molar-refractivity contribution in [2.75, 3.05) is 18.9 Å². The Morgan fingerprint density at radius 1 is 1.24 bits per heavy atom. The van der Waals surface area contributed by atoms with Crippen LogP contribution in [0.1, 0.15) is 22.8 Å². The van der Waals surface area contributed by atoms with Crippen molar-refractivity contribution in [1.82, 2.24) is 15.0 Å². The summed E-state index contributed by atoms with van der Waals surface area (Å²) < 4.78 is 24.0. The molecular formula is C21H23FN4O3. The largest absolute Gasteiger partial charge is 0.481 e. The van der Waals surface area contributed by atoms with Crippen molar-refractivity contribution in [3.63, 3.8) is 0 Å². The van der Waals surface area contributed by atoms with Crippen molar-refractivity contribution in [3.05, 3.63) is 71.1 Å². The van der Waals surface area contributed by atoms with Crippen LogP contribution in [0.4, 0.5) is 14.9 Å². The quantitative estimate of drug-likeness (QED) is 0.648. The lowest BCUT2D eigenvalue weighted by Crippen LogP contribution is -2.33. The third-order valence-corrected chi connectivity index (χ3v) is 4.35. The normalized spacial score (nSPS) is 10.6. The number of aryl methyl sites for hydroxylation is 2. The number of nitrogens with one attached hydrogen (secondary N) is 1. The van der Waals surface area contributed by atoms with Gasteiger partial charge >= 0.3 is 6.03 Å². The van der Waals surface area contributed by atoms with E-state index in [0.717, 1.165) is 16.8 Å². The van der Waals surface area contributed by atoms with Crippen molar-refractivity contribution in [1.29, 1.82) is 0 Å². The van der Waals surface area contributed by atoms with Crippen molar-refractivity contribution >= 4 is 11.7 Å². The SMILES string of the molecule is Cc1ccc(C)c(NC(=O)N(C)CCc2noc(COc3ccccc3F)n2)c1. The van der Waals surface area contributed by atoms with Gasteiger partial charge in [-0.2, -0.15) is 4.98 Å². The van der Waals surface area contributed by atoms with Gasteiger partial charge in [0.1, 0.15) is 0 Å². The molecule has 3 rings (SSSR count). The lowest BCUT2D eigenvalue weighted by atomic mass is 10.1. The molecule has 2 amide bonds. The van der Waals surface area contributed by atoms with Crippen LogP contribution in [0, 0.1) is 19.7 Å². The van der Waals surface area contributed by atoms with Crippen LogP contribution >= 0.6 is 0 Å². The minimum Gasteiger partial charge on any atom is -0.481 e. The molecule has 0 atom stereocenters. The molecule has 0 spiro atoms. The summed E-state index contributed by atoms with van der Waals surface area (Å²) in [7, 11) is 1.70. The van der Waals surface area contributed by atoms with Gasteiger partial charge in [0.2, 0.25) is 0 Å². The molecule has 0 radical (unpaired) electrons. The number of hydrogen-bond donors (Lipinski definition) is 1. The summed E-state index contributed by atoms with van der Waals surface area (Å²) in [5.41, 5.74) is 2.86. The van der Waals surface area contributed by atoms with E-state index in [0.29, 0.717) is 18.8 Å². The van der Waals surface area contributed by atoms with Gasteiger partial charge in [-0.3, -0.25) is 0 Å². The highest BCUT2D eigenvalue weighted by molar-refractivity contribution is 5.90. The second-order valence-electron chi connectivity index (χ2n) is 6.74. The molecule has 0 saturated carbocycles. The molecule has 1 heterocycles. The molecule has 1 aromatic heterocycles. The number of hydrogen-bond acceptors (Lipinski definition) is 5. The minimum absolute atomic E-state index is 0.0309. The first-order valence-corrected chi connectivity index (χ1v) is 9.20. The van der Waals surface area contributed by atoms with Crippen molar-refractivity contribution < 1.29 is 18.4 Å². The number of amides is 2. The van der Waals surface area contributed by atoms with E-state index in [2.05, 4.69) is 15.5 Å².